The first-order valence-corrected chi connectivity index (χ1v) is 5.16. The molecular formula is C13H15NO. The lowest BCUT2D eigenvalue weighted by Gasteiger charge is -1.93. The van der Waals surface area contributed by atoms with Crippen molar-refractivity contribution >= 4 is 0 Å². The fraction of sp³-hybridized carbons (Fsp3) is 0.231. The van der Waals surface area contributed by atoms with E-state index in [1.807, 2.05) is 37.3 Å². The average molecular weight is 201 g/mol. The molecule has 2 nitrogen and oxygen atoms in total. The number of rotatable bonds is 3. The highest BCUT2D eigenvalue weighted by molar-refractivity contribution is 5.58. The predicted molar refractivity (Wildman–Crippen MR) is 61.6 cm³/mol. The molecule has 0 saturated carbocycles. The van der Waals surface area contributed by atoms with Crippen molar-refractivity contribution in [1.82, 2.24) is 0 Å². The third-order valence-corrected chi connectivity index (χ3v) is 2.49. The highest BCUT2D eigenvalue weighted by Gasteiger charge is 2.07. The summed E-state index contributed by atoms with van der Waals surface area (Å²) < 4.78 is 5.70. The van der Waals surface area contributed by atoms with Crippen LogP contribution in [0.4, 0.5) is 0 Å². The lowest BCUT2D eigenvalue weighted by Crippen LogP contribution is -2.02. The van der Waals surface area contributed by atoms with Gasteiger partial charge in [-0.15, -0.1) is 0 Å². The Morgan fingerprint density at radius 3 is 2.60 bits per heavy atom. The van der Waals surface area contributed by atoms with Crippen molar-refractivity contribution in [2.45, 2.75) is 13.3 Å². The number of nitrogens with two attached hydrogens (primary N) is 1. The molecule has 0 aliphatic rings. The van der Waals surface area contributed by atoms with E-state index in [0.717, 1.165) is 23.5 Å². The van der Waals surface area contributed by atoms with Crippen LogP contribution >= 0.6 is 0 Å². The van der Waals surface area contributed by atoms with E-state index in [0.29, 0.717) is 6.54 Å². The van der Waals surface area contributed by atoms with Gasteiger partial charge in [0.05, 0.1) is 0 Å². The zero-order valence-corrected chi connectivity index (χ0v) is 8.86. The van der Waals surface area contributed by atoms with Crippen LogP contribution in [0.2, 0.25) is 0 Å². The quantitative estimate of drug-likeness (QED) is 0.829. The van der Waals surface area contributed by atoms with Crippen molar-refractivity contribution in [2.24, 2.45) is 5.73 Å². The van der Waals surface area contributed by atoms with Crippen molar-refractivity contribution in [2.75, 3.05) is 6.54 Å². The summed E-state index contributed by atoms with van der Waals surface area (Å²) in [5.74, 6) is 1.90. The minimum absolute atomic E-state index is 0.661. The fourth-order valence-electron chi connectivity index (χ4n) is 1.67. The van der Waals surface area contributed by atoms with Gasteiger partial charge >= 0.3 is 0 Å². The molecule has 0 aliphatic carbocycles. The number of hydrogen-bond donors (Lipinski definition) is 1. The Labute approximate surface area is 89.7 Å². The van der Waals surface area contributed by atoms with Crippen molar-refractivity contribution in [3.8, 4) is 11.3 Å². The summed E-state index contributed by atoms with van der Waals surface area (Å²) in [6.45, 7) is 2.64. The van der Waals surface area contributed by atoms with E-state index in [-0.39, 0.29) is 0 Å². The molecule has 78 valence electrons. The van der Waals surface area contributed by atoms with Gasteiger partial charge in [0.15, 0.2) is 0 Å². The molecule has 2 aromatic rings. The lowest BCUT2D eigenvalue weighted by molar-refractivity contribution is 0.543. The maximum Gasteiger partial charge on any atom is 0.134 e. The molecule has 0 amide bonds. The van der Waals surface area contributed by atoms with E-state index < -0.39 is 0 Å². The standard InChI is InChI=1S/C13H15NO/c1-10-12(7-8-14)9-13(15-10)11-5-3-2-4-6-11/h2-6,9H,7-8,14H2,1H3. The van der Waals surface area contributed by atoms with Crippen LogP contribution in [0.3, 0.4) is 0 Å². The Hall–Kier alpha value is -1.54. The molecule has 2 heteroatoms. The van der Waals surface area contributed by atoms with Crippen molar-refractivity contribution in [3.63, 3.8) is 0 Å². The molecule has 1 aromatic carbocycles. The molecule has 0 radical (unpaired) electrons. The summed E-state index contributed by atoms with van der Waals surface area (Å²) in [7, 11) is 0. The summed E-state index contributed by atoms with van der Waals surface area (Å²) in [4.78, 5) is 0. The van der Waals surface area contributed by atoms with Gasteiger partial charge in [0.25, 0.3) is 0 Å². The SMILES string of the molecule is Cc1oc(-c2ccccc2)cc1CCN. The fourth-order valence-corrected chi connectivity index (χ4v) is 1.67. The highest BCUT2D eigenvalue weighted by atomic mass is 16.3. The van der Waals surface area contributed by atoms with Gasteiger partial charge in [0, 0.05) is 5.56 Å². The first kappa shape index (κ1) is 9.99. The molecule has 0 spiro atoms. The van der Waals surface area contributed by atoms with Crippen LogP contribution in [0, 0.1) is 6.92 Å². The Kier molecular flexibility index (Phi) is 2.88. The Bertz CT molecular complexity index is 431. The van der Waals surface area contributed by atoms with Gasteiger partial charge in [-0.1, -0.05) is 30.3 Å². The highest BCUT2D eigenvalue weighted by Crippen LogP contribution is 2.25. The smallest absolute Gasteiger partial charge is 0.134 e. The monoisotopic (exact) mass is 201 g/mol. The van der Waals surface area contributed by atoms with Gasteiger partial charge in [0.2, 0.25) is 0 Å². The Morgan fingerprint density at radius 2 is 1.93 bits per heavy atom. The third-order valence-electron chi connectivity index (χ3n) is 2.49. The van der Waals surface area contributed by atoms with E-state index >= 15 is 0 Å². The lowest BCUT2D eigenvalue weighted by atomic mass is 10.1. The van der Waals surface area contributed by atoms with E-state index in [2.05, 4.69) is 6.07 Å². The molecular weight excluding hydrogens is 186 g/mol. The minimum Gasteiger partial charge on any atom is -0.461 e. The van der Waals surface area contributed by atoms with Crippen molar-refractivity contribution < 1.29 is 4.42 Å². The van der Waals surface area contributed by atoms with Gasteiger partial charge in [-0.3, -0.25) is 0 Å². The molecule has 0 bridgehead atoms. The molecule has 0 atom stereocenters. The van der Waals surface area contributed by atoms with Gasteiger partial charge in [-0.05, 0) is 31.5 Å². The minimum atomic E-state index is 0.661. The molecule has 1 heterocycles. The summed E-state index contributed by atoms with van der Waals surface area (Å²) >= 11 is 0. The van der Waals surface area contributed by atoms with E-state index in [9.17, 15) is 0 Å². The zero-order valence-electron chi connectivity index (χ0n) is 8.86. The summed E-state index contributed by atoms with van der Waals surface area (Å²) in [5.41, 5.74) is 7.86. The second kappa shape index (κ2) is 4.32. The predicted octanol–water partition coefficient (Wildman–Crippen LogP) is 2.76. The van der Waals surface area contributed by atoms with E-state index in [1.165, 1.54) is 5.56 Å². The number of hydrogen-bond acceptors (Lipinski definition) is 2. The molecule has 2 rings (SSSR count). The molecule has 0 unspecified atom stereocenters. The average Bonchev–Trinajstić information content (AvgIpc) is 2.63. The summed E-state index contributed by atoms with van der Waals surface area (Å²) in [6, 6.07) is 12.2. The number of furan rings is 1. The van der Waals surface area contributed by atoms with Gasteiger partial charge in [0.1, 0.15) is 11.5 Å². The van der Waals surface area contributed by atoms with Crippen LogP contribution in [-0.2, 0) is 6.42 Å². The summed E-state index contributed by atoms with van der Waals surface area (Å²) in [6.07, 6.45) is 0.877. The maximum absolute atomic E-state index is 5.70. The largest absolute Gasteiger partial charge is 0.461 e. The van der Waals surface area contributed by atoms with Crippen LogP contribution < -0.4 is 5.73 Å². The topological polar surface area (TPSA) is 39.2 Å². The van der Waals surface area contributed by atoms with Gasteiger partial charge in [-0.2, -0.15) is 0 Å². The second-order valence-corrected chi connectivity index (χ2v) is 3.60. The van der Waals surface area contributed by atoms with Gasteiger partial charge < -0.3 is 10.2 Å². The molecule has 0 aliphatic heterocycles. The van der Waals surface area contributed by atoms with Crippen LogP contribution in [-0.4, -0.2) is 6.54 Å². The van der Waals surface area contributed by atoms with Crippen molar-refractivity contribution in [3.05, 3.63) is 47.7 Å². The molecule has 0 saturated heterocycles. The van der Waals surface area contributed by atoms with Crippen LogP contribution in [0.25, 0.3) is 11.3 Å². The number of benzene rings is 1. The molecule has 15 heavy (non-hydrogen) atoms. The third kappa shape index (κ3) is 2.10. The van der Waals surface area contributed by atoms with Crippen LogP contribution in [0.1, 0.15) is 11.3 Å². The first-order valence-electron chi connectivity index (χ1n) is 5.16. The maximum atomic E-state index is 5.70. The normalized spacial score (nSPS) is 10.5. The molecule has 0 fully saturated rings. The van der Waals surface area contributed by atoms with Crippen molar-refractivity contribution in [1.29, 1.82) is 0 Å². The van der Waals surface area contributed by atoms with E-state index in [1.54, 1.807) is 0 Å². The second-order valence-electron chi connectivity index (χ2n) is 3.60. The van der Waals surface area contributed by atoms with E-state index in [4.69, 9.17) is 10.2 Å². The Morgan fingerprint density at radius 1 is 1.20 bits per heavy atom. The summed E-state index contributed by atoms with van der Waals surface area (Å²) in [5, 5.41) is 0. The molecule has 2 N–H and O–H groups in total. The van der Waals surface area contributed by atoms with Crippen LogP contribution in [0.5, 0.6) is 0 Å². The number of aryl methyl sites for hydroxylation is 1. The zero-order chi connectivity index (χ0) is 10.7. The van der Waals surface area contributed by atoms with Gasteiger partial charge in [-0.25, -0.2) is 0 Å². The molecule has 1 aromatic heterocycles. The Balaban J connectivity index is 2.34. The first-order chi connectivity index (χ1) is 7.31. The van der Waals surface area contributed by atoms with Crippen LogP contribution in [0.15, 0.2) is 40.8 Å².